The van der Waals surface area contributed by atoms with E-state index < -0.39 is 35.1 Å². The molecule has 3 amide bonds. The number of fused-ring (bicyclic) bond motifs is 1. The minimum Gasteiger partial charge on any atom is -0.394 e. The Morgan fingerprint density at radius 2 is 1.87 bits per heavy atom. The van der Waals surface area contributed by atoms with Crippen molar-refractivity contribution in [3.63, 3.8) is 0 Å². The lowest BCUT2D eigenvalue weighted by Crippen LogP contribution is -2.59. The van der Waals surface area contributed by atoms with E-state index in [9.17, 15) is 19.5 Å². The molecule has 8 heteroatoms. The molecule has 3 unspecified atom stereocenters. The molecule has 0 aromatic carbocycles. The smallest absolute Gasteiger partial charge is 0.248 e. The fraction of sp³-hybridized carbons (Fsp3) is 0.767. The summed E-state index contributed by atoms with van der Waals surface area (Å²) in [6.45, 7) is 18.8. The summed E-state index contributed by atoms with van der Waals surface area (Å²) in [5, 5.41) is 10.5. The summed E-state index contributed by atoms with van der Waals surface area (Å²) in [6.07, 6.45) is 7.31. The quantitative estimate of drug-likeness (QED) is 0.275. The van der Waals surface area contributed by atoms with Gasteiger partial charge in [0.15, 0.2) is 0 Å². The maximum Gasteiger partial charge on any atom is 0.248 e. The van der Waals surface area contributed by atoms with E-state index in [0.717, 1.165) is 19.3 Å². The number of rotatable bonds is 14. The number of likely N-dealkylation sites (N-methyl/N-ethyl adjacent to an activating group) is 1. The molecule has 0 aromatic heterocycles. The zero-order chi connectivity index (χ0) is 28.4. The molecule has 214 valence electrons. The highest BCUT2D eigenvalue weighted by Gasteiger charge is 2.80. The second-order valence-corrected chi connectivity index (χ2v) is 12.2. The van der Waals surface area contributed by atoms with Crippen LogP contribution in [0.5, 0.6) is 0 Å². The maximum atomic E-state index is 14.5. The predicted molar refractivity (Wildman–Crippen MR) is 148 cm³/mol. The summed E-state index contributed by atoms with van der Waals surface area (Å²) in [6, 6.07) is -1.44. The van der Waals surface area contributed by atoms with Crippen molar-refractivity contribution in [1.29, 1.82) is 0 Å². The van der Waals surface area contributed by atoms with Crippen molar-refractivity contribution in [2.75, 3.05) is 33.3 Å². The van der Waals surface area contributed by atoms with Gasteiger partial charge in [-0.1, -0.05) is 52.7 Å². The average molecular weight is 532 g/mol. The molecular weight excluding hydrogens is 482 g/mol. The number of carbonyl (C=O) groups is 3. The van der Waals surface area contributed by atoms with Crippen molar-refractivity contribution in [1.82, 2.24) is 14.7 Å². The molecule has 1 spiro atoms. The summed E-state index contributed by atoms with van der Waals surface area (Å²) < 4.78 is 6.84. The van der Waals surface area contributed by atoms with Gasteiger partial charge in [-0.15, -0.1) is 13.2 Å². The molecule has 0 aromatic rings. The van der Waals surface area contributed by atoms with Crippen molar-refractivity contribution in [2.45, 2.75) is 90.0 Å². The van der Waals surface area contributed by atoms with Crippen molar-refractivity contribution in [2.24, 2.45) is 23.7 Å². The van der Waals surface area contributed by atoms with E-state index in [2.05, 4.69) is 20.1 Å². The van der Waals surface area contributed by atoms with Crippen LogP contribution in [-0.2, 0) is 19.1 Å². The molecule has 3 rings (SSSR count). The van der Waals surface area contributed by atoms with Gasteiger partial charge in [0.2, 0.25) is 17.7 Å². The van der Waals surface area contributed by atoms with Crippen molar-refractivity contribution in [3.05, 3.63) is 25.3 Å². The molecule has 2 bridgehead atoms. The van der Waals surface area contributed by atoms with Crippen LogP contribution < -0.4 is 0 Å². The Morgan fingerprint density at radius 3 is 2.42 bits per heavy atom. The van der Waals surface area contributed by atoms with Crippen LogP contribution in [-0.4, -0.2) is 94.1 Å². The van der Waals surface area contributed by atoms with Gasteiger partial charge in [-0.3, -0.25) is 14.4 Å². The molecule has 38 heavy (non-hydrogen) atoms. The standard InChI is InChI=1S/C30H49N3O5/c1-9-12-13-16-32(15-11-3)28(37)25-30-18-21(6)29(7,38-30)23(26(35)31(8)14-10-2)24(30)27(36)33(25)22(19-34)17-20(4)5/h10-11,20-25,34H,2-3,9,12-19H2,1,4-8H3/t21?,22-,23-,24+,25?,29+,30?/m1/s1. The first-order valence-electron chi connectivity index (χ1n) is 14.3. The highest BCUT2D eigenvalue weighted by atomic mass is 16.5. The van der Waals surface area contributed by atoms with Crippen LogP contribution in [0.25, 0.3) is 0 Å². The van der Waals surface area contributed by atoms with Gasteiger partial charge in [0.1, 0.15) is 11.6 Å². The number of unbranched alkanes of at least 4 members (excludes halogenated alkanes) is 2. The van der Waals surface area contributed by atoms with Crippen LogP contribution in [0, 0.1) is 23.7 Å². The Hall–Kier alpha value is -2.19. The molecule has 3 aliphatic heterocycles. The summed E-state index contributed by atoms with van der Waals surface area (Å²) in [7, 11) is 1.71. The molecule has 0 radical (unpaired) electrons. The van der Waals surface area contributed by atoms with Crippen LogP contribution in [0.15, 0.2) is 25.3 Å². The largest absolute Gasteiger partial charge is 0.394 e. The molecular formula is C30H49N3O5. The molecule has 3 heterocycles. The normalized spacial score (nSPS) is 32.4. The van der Waals surface area contributed by atoms with Gasteiger partial charge in [-0.2, -0.15) is 0 Å². The third-order valence-corrected chi connectivity index (χ3v) is 9.07. The van der Waals surface area contributed by atoms with Gasteiger partial charge in [0.05, 0.1) is 30.1 Å². The summed E-state index contributed by atoms with van der Waals surface area (Å²) in [4.78, 5) is 47.7. The third-order valence-electron chi connectivity index (χ3n) is 9.07. The lowest BCUT2D eigenvalue weighted by atomic mass is 9.62. The van der Waals surface area contributed by atoms with E-state index in [1.807, 2.05) is 27.7 Å². The van der Waals surface area contributed by atoms with Crippen molar-refractivity contribution < 1.29 is 24.2 Å². The lowest BCUT2D eigenvalue weighted by Gasteiger charge is -2.40. The molecule has 7 atom stereocenters. The highest BCUT2D eigenvalue weighted by Crippen LogP contribution is 2.65. The van der Waals surface area contributed by atoms with Gasteiger partial charge in [-0.25, -0.2) is 0 Å². The molecule has 0 aliphatic carbocycles. The number of aliphatic hydroxyl groups is 1. The van der Waals surface area contributed by atoms with Crippen LogP contribution >= 0.6 is 0 Å². The van der Waals surface area contributed by atoms with Crippen LogP contribution in [0.4, 0.5) is 0 Å². The molecule has 0 saturated carbocycles. The van der Waals surface area contributed by atoms with Gasteiger partial charge in [0, 0.05) is 26.7 Å². The first-order valence-corrected chi connectivity index (χ1v) is 14.3. The first kappa shape index (κ1) is 30.4. The molecule has 8 nitrogen and oxygen atoms in total. The van der Waals surface area contributed by atoms with E-state index in [1.165, 1.54) is 0 Å². The summed E-state index contributed by atoms with van der Waals surface area (Å²) >= 11 is 0. The topological polar surface area (TPSA) is 90.4 Å². The van der Waals surface area contributed by atoms with Crippen molar-refractivity contribution >= 4 is 17.7 Å². The second-order valence-electron chi connectivity index (χ2n) is 12.2. The summed E-state index contributed by atoms with van der Waals surface area (Å²) in [5.74, 6) is -1.91. The predicted octanol–water partition coefficient (Wildman–Crippen LogP) is 3.25. The van der Waals surface area contributed by atoms with E-state index in [1.54, 1.807) is 33.9 Å². The Bertz CT molecular complexity index is 922. The third kappa shape index (κ3) is 4.94. The van der Waals surface area contributed by atoms with E-state index in [0.29, 0.717) is 32.5 Å². The fourth-order valence-electron chi connectivity index (χ4n) is 7.24. The van der Waals surface area contributed by atoms with E-state index >= 15 is 0 Å². The highest BCUT2D eigenvalue weighted by molar-refractivity contribution is 5.99. The zero-order valence-corrected chi connectivity index (χ0v) is 24.3. The maximum absolute atomic E-state index is 14.5. The average Bonchev–Trinajstić information content (AvgIpc) is 3.38. The second kappa shape index (κ2) is 11.9. The molecule has 1 N–H and O–H groups in total. The van der Waals surface area contributed by atoms with Gasteiger partial charge in [-0.05, 0) is 38.0 Å². The number of ether oxygens (including phenoxy) is 1. The molecule has 3 aliphatic rings. The number of hydrogen-bond acceptors (Lipinski definition) is 5. The van der Waals surface area contributed by atoms with Crippen LogP contribution in [0.3, 0.4) is 0 Å². The Labute approximate surface area is 229 Å². The first-order chi connectivity index (χ1) is 17.9. The number of likely N-dealkylation sites (tertiary alicyclic amines) is 1. The van der Waals surface area contributed by atoms with Crippen molar-refractivity contribution in [3.8, 4) is 0 Å². The Morgan fingerprint density at radius 1 is 1.21 bits per heavy atom. The van der Waals surface area contributed by atoms with Gasteiger partial charge >= 0.3 is 0 Å². The fourth-order valence-corrected chi connectivity index (χ4v) is 7.24. The van der Waals surface area contributed by atoms with Gasteiger partial charge in [0.25, 0.3) is 0 Å². The lowest BCUT2D eigenvalue weighted by molar-refractivity contribution is -0.157. The minimum absolute atomic E-state index is 0.0292. The number of nitrogens with zero attached hydrogens (tertiary/aromatic N) is 3. The minimum atomic E-state index is -1.12. The molecule has 3 fully saturated rings. The Balaban J connectivity index is 2.15. The SMILES string of the molecule is C=CCN(C)C(=O)[C@H]1[C@H]2C(=O)N([C@@H](CO)CC(C)C)C(C(=O)N(CC=C)CCCCC)C23CC(C)[C@]1(C)O3. The van der Waals surface area contributed by atoms with Crippen LogP contribution in [0.2, 0.25) is 0 Å². The number of carbonyl (C=O) groups excluding carboxylic acids is 3. The molecule has 3 saturated heterocycles. The number of hydrogen-bond donors (Lipinski definition) is 1. The van der Waals surface area contributed by atoms with Crippen LogP contribution in [0.1, 0.15) is 66.7 Å². The Kier molecular flexibility index (Phi) is 9.51. The zero-order valence-electron chi connectivity index (χ0n) is 24.3. The number of aliphatic hydroxyl groups excluding tert-OH is 1. The number of amides is 3. The van der Waals surface area contributed by atoms with E-state index in [4.69, 9.17) is 4.74 Å². The van der Waals surface area contributed by atoms with E-state index in [-0.39, 0.29) is 36.2 Å². The van der Waals surface area contributed by atoms with Gasteiger partial charge < -0.3 is 24.5 Å². The summed E-state index contributed by atoms with van der Waals surface area (Å²) in [5.41, 5.74) is -1.98. The monoisotopic (exact) mass is 531 g/mol.